The van der Waals surface area contributed by atoms with Crippen LogP contribution in [0.4, 0.5) is 0 Å². The first-order valence-corrected chi connectivity index (χ1v) is 10.3. The van der Waals surface area contributed by atoms with E-state index in [0.29, 0.717) is 0 Å². The van der Waals surface area contributed by atoms with Gasteiger partial charge in [0, 0.05) is 11.2 Å². The van der Waals surface area contributed by atoms with Crippen molar-refractivity contribution in [1.29, 1.82) is 0 Å². The smallest absolute Gasteiger partial charge is 0.170 e. The monoisotopic (exact) mass is 362 g/mol. The molecule has 1 aromatic carbocycles. The van der Waals surface area contributed by atoms with E-state index in [2.05, 4.69) is 90.6 Å². The molecule has 0 heterocycles. The van der Waals surface area contributed by atoms with Gasteiger partial charge in [0.2, 0.25) is 0 Å². The van der Waals surface area contributed by atoms with Gasteiger partial charge in [-0.25, -0.2) is 0 Å². The number of carbonyl (C=O) groups excluding carboxylic acids is 1. The second-order valence-electron chi connectivity index (χ2n) is 10.5. The standard InChI is InChI=1S/C23H39OP/c1-11-12-18(25)20(24)19-16(22(5,6)7)13-15(21(2,3)4)14-17(19)23(8,9)10/h13-14,18H,11-12,25H2,1-10H3. The molecular weight excluding hydrogens is 323 g/mol. The molecule has 0 spiro atoms. The van der Waals surface area contributed by atoms with Crippen LogP contribution in [0.15, 0.2) is 12.1 Å². The number of hydrogen-bond donors (Lipinski definition) is 0. The predicted molar refractivity (Wildman–Crippen MR) is 115 cm³/mol. The molecule has 1 rings (SSSR count). The Kier molecular flexibility index (Phi) is 6.72. The van der Waals surface area contributed by atoms with Gasteiger partial charge in [-0.3, -0.25) is 4.79 Å². The molecule has 142 valence electrons. The summed E-state index contributed by atoms with van der Waals surface area (Å²) in [4.78, 5) is 13.4. The van der Waals surface area contributed by atoms with Crippen molar-refractivity contribution < 1.29 is 4.79 Å². The lowest BCUT2D eigenvalue weighted by atomic mass is 9.71. The fourth-order valence-electron chi connectivity index (χ4n) is 3.15. The Labute approximate surface area is 158 Å². The summed E-state index contributed by atoms with van der Waals surface area (Å²) in [6, 6.07) is 4.57. The Bertz CT molecular complexity index is 586. The number of ketones is 1. The summed E-state index contributed by atoms with van der Waals surface area (Å²) in [7, 11) is 2.78. The predicted octanol–water partition coefficient (Wildman–Crippen LogP) is 6.81. The highest BCUT2D eigenvalue weighted by molar-refractivity contribution is 7.19. The molecule has 0 saturated heterocycles. The van der Waals surface area contributed by atoms with Gasteiger partial charge in [0.25, 0.3) is 0 Å². The molecule has 2 atom stereocenters. The maximum absolute atomic E-state index is 13.4. The lowest BCUT2D eigenvalue weighted by molar-refractivity contribution is 0.0981. The molecule has 1 nitrogen and oxygen atoms in total. The van der Waals surface area contributed by atoms with Crippen molar-refractivity contribution in [1.82, 2.24) is 0 Å². The molecule has 0 amide bonds. The number of rotatable bonds is 4. The average Bonchev–Trinajstić information content (AvgIpc) is 2.42. The van der Waals surface area contributed by atoms with Crippen molar-refractivity contribution in [3.05, 3.63) is 34.4 Å². The lowest BCUT2D eigenvalue weighted by Gasteiger charge is -2.33. The lowest BCUT2D eigenvalue weighted by Crippen LogP contribution is -2.29. The maximum atomic E-state index is 13.4. The zero-order valence-electron chi connectivity index (χ0n) is 18.1. The minimum absolute atomic E-state index is 0.00677. The Hall–Kier alpha value is -0.680. The van der Waals surface area contributed by atoms with Gasteiger partial charge in [-0.15, -0.1) is 9.24 Å². The van der Waals surface area contributed by atoms with Gasteiger partial charge in [-0.05, 0) is 39.4 Å². The van der Waals surface area contributed by atoms with Gasteiger partial charge < -0.3 is 0 Å². The topological polar surface area (TPSA) is 17.1 Å². The van der Waals surface area contributed by atoms with Crippen LogP contribution in [0.1, 0.15) is 109 Å². The molecule has 0 saturated carbocycles. The van der Waals surface area contributed by atoms with Gasteiger partial charge in [-0.2, -0.15) is 0 Å². The number of Topliss-reactive ketones (excluding diaryl/α,β-unsaturated/α-hetero) is 1. The molecule has 0 N–H and O–H groups in total. The van der Waals surface area contributed by atoms with E-state index in [1.165, 1.54) is 16.7 Å². The summed E-state index contributed by atoms with van der Waals surface area (Å²) in [6.07, 6.45) is 1.94. The summed E-state index contributed by atoms with van der Waals surface area (Å²) in [6.45, 7) is 22.2. The van der Waals surface area contributed by atoms with Crippen LogP contribution in [0.3, 0.4) is 0 Å². The number of benzene rings is 1. The molecular formula is C23H39OP. The Morgan fingerprint density at radius 2 is 1.28 bits per heavy atom. The SMILES string of the molecule is CCCC(P)C(=O)c1c(C(C)(C)C)cc(C(C)(C)C)cc1C(C)(C)C. The fraction of sp³-hybridized carbons (Fsp3) is 0.696. The van der Waals surface area contributed by atoms with Crippen LogP contribution >= 0.6 is 9.24 Å². The normalized spacial score (nSPS) is 14.5. The third kappa shape index (κ3) is 5.40. The van der Waals surface area contributed by atoms with E-state index in [9.17, 15) is 4.79 Å². The van der Waals surface area contributed by atoms with Gasteiger partial charge >= 0.3 is 0 Å². The van der Waals surface area contributed by atoms with E-state index >= 15 is 0 Å². The van der Waals surface area contributed by atoms with E-state index in [-0.39, 0.29) is 27.7 Å². The highest BCUT2D eigenvalue weighted by atomic mass is 31.0. The summed E-state index contributed by atoms with van der Waals surface area (Å²) >= 11 is 0. The quantitative estimate of drug-likeness (QED) is 0.425. The molecule has 1 aromatic rings. The van der Waals surface area contributed by atoms with E-state index in [0.717, 1.165) is 18.4 Å². The molecule has 25 heavy (non-hydrogen) atoms. The summed E-state index contributed by atoms with van der Waals surface area (Å²) < 4.78 is 0. The fourth-order valence-corrected chi connectivity index (χ4v) is 3.65. The van der Waals surface area contributed by atoms with Crippen LogP contribution in [0, 0.1) is 0 Å². The average molecular weight is 363 g/mol. The molecule has 0 aliphatic rings. The van der Waals surface area contributed by atoms with E-state index in [1.54, 1.807) is 0 Å². The molecule has 0 radical (unpaired) electrons. The molecule has 0 fully saturated rings. The minimum Gasteiger partial charge on any atom is -0.293 e. The van der Waals surface area contributed by atoms with Crippen molar-refractivity contribution in [2.24, 2.45) is 0 Å². The summed E-state index contributed by atoms with van der Waals surface area (Å²) in [5, 5.41) is 0. The molecule has 0 aliphatic carbocycles. The van der Waals surface area contributed by atoms with Crippen LogP contribution in [0.2, 0.25) is 0 Å². The van der Waals surface area contributed by atoms with Crippen molar-refractivity contribution in [2.75, 3.05) is 0 Å². The van der Waals surface area contributed by atoms with Crippen LogP contribution < -0.4 is 0 Å². The number of carbonyl (C=O) groups is 1. The van der Waals surface area contributed by atoms with E-state index < -0.39 is 0 Å². The first kappa shape index (κ1) is 22.4. The largest absolute Gasteiger partial charge is 0.293 e. The van der Waals surface area contributed by atoms with Crippen molar-refractivity contribution >= 4 is 15.0 Å². The highest BCUT2D eigenvalue weighted by Gasteiger charge is 2.33. The summed E-state index contributed by atoms with van der Waals surface area (Å²) in [5.74, 6) is 0.280. The molecule has 2 heteroatoms. The second-order valence-corrected chi connectivity index (χ2v) is 11.3. The minimum atomic E-state index is -0.0666. The van der Waals surface area contributed by atoms with Crippen LogP contribution in [0.5, 0.6) is 0 Å². The van der Waals surface area contributed by atoms with Crippen LogP contribution in [0.25, 0.3) is 0 Å². The van der Waals surface area contributed by atoms with Gasteiger partial charge in [0.1, 0.15) is 0 Å². The van der Waals surface area contributed by atoms with Gasteiger partial charge in [0.15, 0.2) is 5.78 Å². The molecule has 0 aliphatic heterocycles. The van der Waals surface area contributed by atoms with Gasteiger partial charge in [0.05, 0.1) is 0 Å². The second kappa shape index (κ2) is 7.51. The van der Waals surface area contributed by atoms with Crippen LogP contribution in [-0.4, -0.2) is 11.4 Å². The first-order chi connectivity index (χ1) is 11.1. The zero-order valence-corrected chi connectivity index (χ0v) is 19.3. The summed E-state index contributed by atoms with van der Waals surface area (Å²) in [5.41, 5.74) is 4.58. The Morgan fingerprint density at radius 1 is 0.880 bits per heavy atom. The van der Waals surface area contributed by atoms with Crippen LogP contribution in [-0.2, 0) is 16.2 Å². The maximum Gasteiger partial charge on any atom is 0.170 e. The molecule has 0 aromatic heterocycles. The first-order valence-electron chi connectivity index (χ1n) is 9.60. The third-order valence-electron chi connectivity index (χ3n) is 4.80. The van der Waals surface area contributed by atoms with E-state index in [1.807, 2.05) is 0 Å². The Morgan fingerprint density at radius 3 is 1.56 bits per heavy atom. The van der Waals surface area contributed by atoms with Crippen molar-refractivity contribution in [3.8, 4) is 0 Å². The van der Waals surface area contributed by atoms with E-state index in [4.69, 9.17) is 0 Å². The zero-order chi connectivity index (χ0) is 19.8. The highest BCUT2D eigenvalue weighted by Crippen LogP contribution is 2.39. The Balaban J connectivity index is 3.86. The van der Waals surface area contributed by atoms with Crippen molar-refractivity contribution in [2.45, 2.75) is 104 Å². The molecule has 2 unspecified atom stereocenters. The third-order valence-corrected chi connectivity index (χ3v) is 5.44. The number of hydrogen-bond acceptors (Lipinski definition) is 1. The molecule has 0 bridgehead atoms. The van der Waals surface area contributed by atoms with Crippen molar-refractivity contribution in [3.63, 3.8) is 0 Å². The van der Waals surface area contributed by atoms with Gasteiger partial charge in [-0.1, -0.05) is 87.8 Å².